The molecule has 0 bridgehead atoms. The molecule has 0 aromatic rings. The number of hydrogen-bond donors (Lipinski definition) is 0. The average Bonchev–Trinajstić information content (AvgIpc) is 2.24. The van der Waals surface area contributed by atoms with Gasteiger partial charge >= 0.3 is 8.25 Å². The summed E-state index contributed by atoms with van der Waals surface area (Å²) >= 11 is 0. The Hall–Kier alpha value is -1.04. The zero-order valence-electron chi connectivity index (χ0n) is 9.80. The molecule has 0 atom stereocenters. The zero-order chi connectivity index (χ0) is 12.4. The topological polar surface area (TPSA) is 78.7 Å². The maximum Gasteiger partial charge on any atom is 0.698 e. The smallest absolute Gasteiger partial charge is 0.399 e. The van der Waals surface area contributed by atoms with E-state index in [4.69, 9.17) is 9.05 Å². The first-order valence-corrected chi connectivity index (χ1v) is 5.56. The van der Waals surface area contributed by atoms with Crippen molar-refractivity contribution in [2.45, 2.75) is 13.8 Å². The summed E-state index contributed by atoms with van der Waals surface area (Å²) in [7, 11) is 0.653. The second kappa shape index (κ2) is 9.21. The van der Waals surface area contributed by atoms with E-state index in [9.17, 15) is 4.57 Å². The predicted molar refractivity (Wildman–Crippen MR) is 59.7 cm³/mol. The lowest BCUT2D eigenvalue weighted by atomic mass is 10.5. The second-order valence-corrected chi connectivity index (χ2v) is 3.75. The van der Waals surface area contributed by atoms with Gasteiger partial charge in [-0.05, 0) is 13.8 Å². The molecular formula is C8H16N2O5P+. The molecule has 0 saturated carbocycles. The van der Waals surface area contributed by atoms with E-state index in [1.54, 1.807) is 13.8 Å². The minimum atomic E-state index is -2.19. The Labute approximate surface area is 95.3 Å². The lowest BCUT2D eigenvalue weighted by Crippen LogP contribution is -2.04. The van der Waals surface area contributed by atoms with Gasteiger partial charge in [0.2, 0.25) is 0 Å². The van der Waals surface area contributed by atoms with Gasteiger partial charge in [0.1, 0.15) is 27.4 Å². The van der Waals surface area contributed by atoms with Crippen LogP contribution in [0.1, 0.15) is 13.8 Å². The number of oxime groups is 2. The Bertz CT molecular complexity index is 254. The average molecular weight is 251 g/mol. The first kappa shape index (κ1) is 15.0. The zero-order valence-corrected chi connectivity index (χ0v) is 10.7. The molecule has 0 saturated heterocycles. The minimum absolute atomic E-state index is 0.0868. The van der Waals surface area contributed by atoms with E-state index in [-0.39, 0.29) is 13.2 Å². The van der Waals surface area contributed by atoms with Crippen molar-refractivity contribution in [1.82, 2.24) is 0 Å². The largest absolute Gasteiger partial charge is 0.698 e. The lowest BCUT2D eigenvalue weighted by molar-refractivity contribution is 0.205. The van der Waals surface area contributed by atoms with Crippen molar-refractivity contribution in [3.63, 3.8) is 0 Å². The Kier molecular flexibility index (Phi) is 8.61. The van der Waals surface area contributed by atoms with E-state index in [1.807, 2.05) is 0 Å². The molecule has 8 heteroatoms. The fourth-order valence-electron chi connectivity index (χ4n) is 0.694. The van der Waals surface area contributed by atoms with Gasteiger partial charge in [-0.25, -0.2) is 0 Å². The van der Waals surface area contributed by atoms with Gasteiger partial charge in [0.25, 0.3) is 0 Å². The molecule has 0 fully saturated rings. The van der Waals surface area contributed by atoms with Crippen LogP contribution in [0.3, 0.4) is 0 Å². The maximum atomic E-state index is 11.2. The molecule has 0 heterocycles. The molecule has 0 amide bonds. The van der Waals surface area contributed by atoms with Crippen LogP contribution in [0.5, 0.6) is 0 Å². The van der Waals surface area contributed by atoms with Crippen LogP contribution in [0.15, 0.2) is 10.3 Å². The molecule has 7 nitrogen and oxygen atoms in total. The third kappa shape index (κ3) is 8.28. The van der Waals surface area contributed by atoms with Crippen molar-refractivity contribution in [3.8, 4) is 0 Å². The van der Waals surface area contributed by atoms with Crippen LogP contribution in [0.25, 0.3) is 0 Å². The maximum absolute atomic E-state index is 11.2. The Morgan fingerprint density at radius 3 is 1.69 bits per heavy atom. The first-order valence-electron chi connectivity index (χ1n) is 4.46. The van der Waals surface area contributed by atoms with Crippen LogP contribution in [0.4, 0.5) is 0 Å². The van der Waals surface area contributed by atoms with E-state index in [2.05, 4.69) is 20.0 Å². The molecule has 92 valence electrons. The monoisotopic (exact) mass is 251 g/mol. The van der Waals surface area contributed by atoms with E-state index >= 15 is 0 Å². The summed E-state index contributed by atoms with van der Waals surface area (Å²) in [4.78, 5) is 9.01. The highest BCUT2D eigenvalue weighted by atomic mass is 31.1. The molecule has 0 aliphatic heterocycles. The molecule has 0 aliphatic rings. The first-order chi connectivity index (χ1) is 7.60. The van der Waals surface area contributed by atoms with Gasteiger partial charge in [0, 0.05) is 4.57 Å². The van der Waals surface area contributed by atoms with Gasteiger partial charge < -0.3 is 9.68 Å². The highest BCUT2D eigenvalue weighted by Crippen LogP contribution is 2.23. The van der Waals surface area contributed by atoms with Crippen molar-refractivity contribution in [1.29, 1.82) is 0 Å². The normalized spacial score (nSPS) is 13.6. The molecule has 0 unspecified atom stereocenters. The predicted octanol–water partition coefficient (Wildman–Crippen LogP) is 1.72. The fourth-order valence-corrected chi connectivity index (χ4v) is 1.35. The summed E-state index contributed by atoms with van der Waals surface area (Å²) in [6.07, 6.45) is 0. The lowest BCUT2D eigenvalue weighted by Gasteiger charge is -1.94. The Balaban J connectivity index is 3.75. The van der Waals surface area contributed by atoms with Gasteiger partial charge in [-0.15, -0.1) is 9.05 Å². The number of nitrogens with zero attached hydrogens (tertiary/aromatic N) is 2. The molecule has 0 aromatic carbocycles. The van der Waals surface area contributed by atoms with E-state index in [0.717, 1.165) is 0 Å². The quantitative estimate of drug-likeness (QED) is 0.373. The van der Waals surface area contributed by atoms with Crippen LogP contribution in [-0.4, -0.2) is 38.9 Å². The van der Waals surface area contributed by atoms with Crippen LogP contribution in [-0.2, 0) is 23.3 Å². The molecular weight excluding hydrogens is 235 g/mol. The molecule has 0 radical (unpaired) electrons. The minimum Gasteiger partial charge on any atom is -0.399 e. The van der Waals surface area contributed by atoms with Crippen LogP contribution in [0.2, 0.25) is 0 Å². The Morgan fingerprint density at radius 2 is 1.38 bits per heavy atom. The highest BCUT2D eigenvalue weighted by Gasteiger charge is 2.21. The van der Waals surface area contributed by atoms with Crippen molar-refractivity contribution in [3.05, 3.63) is 0 Å². The van der Waals surface area contributed by atoms with Crippen LogP contribution >= 0.6 is 8.25 Å². The summed E-state index contributed by atoms with van der Waals surface area (Å²) in [5.41, 5.74) is 1.13. The van der Waals surface area contributed by atoms with Crippen LogP contribution < -0.4 is 0 Å². The van der Waals surface area contributed by atoms with Crippen molar-refractivity contribution >= 4 is 19.7 Å². The molecule has 0 N–H and O–H groups in total. The Morgan fingerprint density at radius 1 is 1.00 bits per heavy atom. The van der Waals surface area contributed by atoms with Crippen molar-refractivity contribution in [2.24, 2.45) is 10.3 Å². The summed E-state index contributed by atoms with van der Waals surface area (Å²) in [5.74, 6) is 0. The van der Waals surface area contributed by atoms with Gasteiger partial charge in [-0.2, -0.15) is 0 Å². The molecule has 0 rings (SSSR count). The molecule has 0 spiro atoms. The van der Waals surface area contributed by atoms with Gasteiger partial charge in [0.15, 0.2) is 0 Å². The highest BCUT2D eigenvalue weighted by molar-refractivity contribution is 7.33. The van der Waals surface area contributed by atoms with E-state index in [0.29, 0.717) is 11.4 Å². The third-order valence-electron chi connectivity index (χ3n) is 1.25. The summed E-state index contributed by atoms with van der Waals surface area (Å²) < 4.78 is 20.9. The number of hydrogen-bond acceptors (Lipinski definition) is 7. The van der Waals surface area contributed by atoms with Gasteiger partial charge in [-0.1, -0.05) is 10.3 Å². The van der Waals surface area contributed by atoms with Gasteiger partial charge in [0.05, 0.1) is 11.4 Å². The van der Waals surface area contributed by atoms with Crippen molar-refractivity contribution in [2.75, 3.05) is 27.4 Å². The SMILES string of the molecule is CON=C(C)CO[P+](=O)OCC(C)=NOC. The van der Waals surface area contributed by atoms with Crippen molar-refractivity contribution < 1.29 is 23.3 Å². The molecule has 0 aliphatic carbocycles. The summed E-state index contributed by atoms with van der Waals surface area (Å²) in [6.45, 7) is 3.54. The molecule has 0 aromatic heterocycles. The van der Waals surface area contributed by atoms with E-state index in [1.165, 1.54) is 14.2 Å². The summed E-state index contributed by atoms with van der Waals surface area (Å²) in [6, 6.07) is 0. The van der Waals surface area contributed by atoms with Gasteiger partial charge in [-0.3, -0.25) is 0 Å². The fraction of sp³-hybridized carbons (Fsp3) is 0.750. The summed E-state index contributed by atoms with van der Waals surface area (Å²) in [5, 5.41) is 7.17. The second-order valence-electron chi connectivity index (χ2n) is 2.79. The molecule has 16 heavy (non-hydrogen) atoms. The standard InChI is InChI=1S/C8H16N2O5P/c1-7(9-12-3)5-14-16(11)15-6-8(2)10-13-4/h5-6H2,1-4H3/q+1. The third-order valence-corrected chi connectivity index (χ3v) is 1.93. The number of rotatable bonds is 8. The van der Waals surface area contributed by atoms with E-state index < -0.39 is 8.25 Å². The van der Waals surface area contributed by atoms with Crippen LogP contribution in [0, 0.1) is 0 Å².